The highest BCUT2D eigenvalue weighted by atomic mass is 32.1. The average molecular weight is 280 g/mol. The van der Waals surface area contributed by atoms with Crippen molar-refractivity contribution in [1.82, 2.24) is 10.2 Å². The van der Waals surface area contributed by atoms with Crippen LogP contribution in [0.4, 0.5) is 0 Å². The monoisotopic (exact) mass is 280 g/mol. The van der Waals surface area contributed by atoms with E-state index < -0.39 is 0 Å². The van der Waals surface area contributed by atoms with E-state index in [1.165, 1.54) is 9.75 Å². The standard InChI is InChI=1S/C15H24N2OS/c1-15(2,3)13-7-6-12(19-13)10-16-11-14(18)17-8-4-5-9-17/h6-7,16H,4-5,8-11H2,1-3H3. The zero-order valence-electron chi connectivity index (χ0n) is 12.2. The molecule has 0 radical (unpaired) electrons. The fourth-order valence-corrected chi connectivity index (χ4v) is 3.28. The Hall–Kier alpha value is -0.870. The minimum absolute atomic E-state index is 0.217. The van der Waals surface area contributed by atoms with Gasteiger partial charge in [-0.05, 0) is 30.4 Å². The maximum absolute atomic E-state index is 11.9. The first-order valence-corrected chi connectivity index (χ1v) is 7.86. The van der Waals surface area contributed by atoms with Crippen LogP contribution in [0.2, 0.25) is 0 Å². The summed E-state index contributed by atoms with van der Waals surface area (Å²) in [4.78, 5) is 16.5. The zero-order chi connectivity index (χ0) is 13.9. The Bertz CT molecular complexity index is 428. The molecule has 106 valence electrons. The van der Waals surface area contributed by atoms with Crippen molar-refractivity contribution >= 4 is 17.2 Å². The van der Waals surface area contributed by atoms with Gasteiger partial charge >= 0.3 is 0 Å². The highest BCUT2D eigenvalue weighted by Crippen LogP contribution is 2.29. The van der Waals surface area contributed by atoms with Crippen molar-refractivity contribution in [3.05, 3.63) is 21.9 Å². The van der Waals surface area contributed by atoms with Crippen molar-refractivity contribution in [2.75, 3.05) is 19.6 Å². The van der Waals surface area contributed by atoms with E-state index in [0.717, 1.165) is 32.5 Å². The number of carbonyl (C=O) groups excluding carboxylic acids is 1. The first kappa shape index (κ1) is 14.5. The second kappa shape index (κ2) is 6.06. The Morgan fingerprint density at radius 3 is 2.58 bits per heavy atom. The fraction of sp³-hybridized carbons (Fsp3) is 0.667. The number of likely N-dealkylation sites (tertiary alicyclic amines) is 1. The first-order chi connectivity index (χ1) is 8.97. The lowest BCUT2D eigenvalue weighted by Gasteiger charge is -2.16. The lowest BCUT2D eigenvalue weighted by molar-refractivity contribution is -0.129. The van der Waals surface area contributed by atoms with Crippen LogP contribution in [0.5, 0.6) is 0 Å². The molecule has 1 aromatic heterocycles. The predicted molar refractivity (Wildman–Crippen MR) is 80.5 cm³/mol. The van der Waals surface area contributed by atoms with E-state index in [-0.39, 0.29) is 11.3 Å². The molecule has 4 heteroatoms. The van der Waals surface area contributed by atoms with Crippen molar-refractivity contribution in [2.24, 2.45) is 0 Å². The third-order valence-corrected chi connectivity index (χ3v) is 4.95. The molecule has 1 saturated heterocycles. The fourth-order valence-electron chi connectivity index (χ4n) is 2.25. The molecule has 0 aromatic carbocycles. The Balaban J connectivity index is 1.76. The molecule has 1 aliphatic rings. The topological polar surface area (TPSA) is 32.3 Å². The lowest BCUT2D eigenvalue weighted by atomic mass is 9.95. The Morgan fingerprint density at radius 1 is 1.32 bits per heavy atom. The molecule has 0 spiro atoms. The Kier molecular flexibility index (Phi) is 4.63. The van der Waals surface area contributed by atoms with Gasteiger partial charge in [-0.2, -0.15) is 0 Å². The van der Waals surface area contributed by atoms with Crippen molar-refractivity contribution in [3.63, 3.8) is 0 Å². The molecule has 19 heavy (non-hydrogen) atoms. The molecule has 1 aliphatic heterocycles. The molecule has 0 aliphatic carbocycles. The van der Waals surface area contributed by atoms with Gasteiger partial charge in [-0.15, -0.1) is 11.3 Å². The minimum atomic E-state index is 0.217. The number of thiophene rings is 1. The number of amides is 1. The summed E-state index contributed by atoms with van der Waals surface area (Å²) < 4.78 is 0. The molecular formula is C15H24N2OS. The van der Waals surface area contributed by atoms with E-state index in [1.54, 1.807) is 0 Å². The molecule has 2 heterocycles. The largest absolute Gasteiger partial charge is 0.342 e. The first-order valence-electron chi connectivity index (χ1n) is 7.04. The van der Waals surface area contributed by atoms with Crippen molar-refractivity contribution < 1.29 is 4.79 Å². The third kappa shape index (κ3) is 4.05. The third-order valence-electron chi connectivity index (χ3n) is 3.44. The second-order valence-electron chi connectivity index (χ2n) is 6.21. The van der Waals surface area contributed by atoms with Gasteiger partial charge in [0.15, 0.2) is 0 Å². The molecule has 0 atom stereocenters. The van der Waals surface area contributed by atoms with Gasteiger partial charge in [0.2, 0.25) is 5.91 Å². The van der Waals surface area contributed by atoms with Gasteiger partial charge in [0, 0.05) is 29.4 Å². The van der Waals surface area contributed by atoms with Crippen LogP contribution in [0, 0.1) is 0 Å². The molecule has 0 unspecified atom stereocenters. The molecular weight excluding hydrogens is 256 g/mol. The van der Waals surface area contributed by atoms with E-state index in [9.17, 15) is 4.79 Å². The quantitative estimate of drug-likeness (QED) is 0.920. The van der Waals surface area contributed by atoms with Crippen LogP contribution in [0.1, 0.15) is 43.4 Å². The molecule has 1 aromatic rings. The van der Waals surface area contributed by atoms with Gasteiger partial charge < -0.3 is 10.2 Å². The van der Waals surface area contributed by atoms with Crippen LogP contribution in [0.15, 0.2) is 12.1 Å². The summed E-state index contributed by atoms with van der Waals surface area (Å²) in [7, 11) is 0. The van der Waals surface area contributed by atoms with Crippen molar-refractivity contribution in [3.8, 4) is 0 Å². The van der Waals surface area contributed by atoms with E-state index in [0.29, 0.717) is 6.54 Å². The molecule has 1 N–H and O–H groups in total. The summed E-state index contributed by atoms with van der Waals surface area (Å²) in [6, 6.07) is 4.36. The van der Waals surface area contributed by atoms with E-state index >= 15 is 0 Å². The highest BCUT2D eigenvalue weighted by molar-refractivity contribution is 7.12. The van der Waals surface area contributed by atoms with E-state index in [4.69, 9.17) is 0 Å². The molecule has 2 rings (SSSR count). The normalized spacial score (nSPS) is 16.1. The molecule has 0 saturated carbocycles. The molecule has 1 fully saturated rings. The van der Waals surface area contributed by atoms with Crippen LogP contribution >= 0.6 is 11.3 Å². The van der Waals surface area contributed by atoms with Crippen LogP contribution < -0.4 is 5.32 Å². The van der Waals surface area contributed by atoms with E-state index in [2.05, 4.69) is 38.2 Å². The number of nitrogens with one attached hydrogen (secondary N) is 1. The highest BCUT2D eigenvalue weighted by Gasteiger charge is 2.18. The number of rotatable bonds is 4. The number of carbonyl (C=O) groups is 1. The summed E-state index contributed by atoms with van der Waals surface area (Å²) >= 11 is 1.84. The van der Waals surface area contributed by atoms with Gasteiger partial charge in [-0.3, -0.25) is 4.79 Å². The van der Waals surface area contributed by atoms with Crippen LogP contribution in [0.3, 0.4) is 0 Å². The zero-order valence-corrected chi connectivity index (χ0v) is 13.0. The molecule has 0 bridgehead atoms. The second-order valence-corrected chi connectivity index (χ2v) is 7.38. The molecule has 3 nitrogen and oxygen atoms in total. The van der Waals surface area contributed by atoms with Gasteiger partial charge in [0.05, 0.1) is 6.54 Å². The van der Waals surface area contributed by atoms with Crippen LogP contribution in [0.25, 0.3) is 0 Å². The van der Waals surface area contributed by atoms with Crippen molar-refractivity contribution in [2.45, 2.75) is 45.6 Å². The summed E-state index contributed by atoms with van der Waals surface area (Å²) in [5.41, 5.74) is 0.217. The lowest BCUT2D eigenvalue weighted by Crippen LogP contribution is -2.35. The smallest absolute Gasteiger partial charge is 0.236 e. The summed E-state index contributed by atoms with van der Waals surface area (Å²) in [6.45, 7) is 9.82. The summed E-state index contributed by atoms with van der Waals surface area (Å²) in [5, 5.41) is 3.26. The van der Waals surface area contributed by atoms with E-state index in [1.807, 2.05) is 16.2 Å². The SMILES string of the molecule is CC(C)(C)c1ccc(CNCC(=O)N2CCCC2)s1. The maximum atomic E-state index is 11.9. The van der Waals surface area contributed by atoms with Gasteiger partial charge in [-0.25, -0.2) is 0 Å². The summed E-state index contributed by atoms with van der Waals surface area (Å²) in [6.07, 6.45) is 2.32. The van der Waals surface area contributed by atoms with Gasteiger partial charge in [-0.1, -0.05) is 20.8 Å². The van der Waals surface area contributed by atoms with Gasteiger partial charge in [0.25, 0.3) is 0 Å². The van der Waals surface area contributed by atoms with Crippen LogP contribution in [-0.4, -0.2) is 30.4 Å². The summed E-state index contributed by atoms with van der Waals surface area (Å²) in [5.74, 6) is 0.241. The number of hydrogen-bond donors (Lipinski definition) is 1. The molecule has 1 amide bonds. The predicted octanol–water partition coefficient (Wildman–Crippen LogP) is 2.76. The number of nitrogens with zero attached hydrogens (tertiary/aromatic N) is 1. The Labute approximate surface area is 120 Å². The van der Waals surface area contributed by atoms with Crippen LogP contribution in [-0.2, 0) is 16.8 Å². The van der Waals surface area contributed by atoms with Crippen molar-refractivity contribution in [1.29, 1.82) is 0 Å². The van der Waals surface area contributed by atoms with Gasteiger partial charge in [0.1, 0.15) is 0 Å². The maximum Gasteiger partial charge on any atom is 0.236 e. The minimum Gasteiger partial charge on any atom is -0.342 e. The Morgan fingerprint density at radius 2 is 2.00 bits per heavy atom. The average Bonchev–Trinajstić information content (AvgIpc) is 2.99. The number of hydrogen-bond acceptors (Lipinski definition) is 3.